The Labute approximate surface area is 48.7 Å². The standard InChI is InChI=1S/H3O4P.W/c1-5(2,3)4;/h(H3,1,2,3,4);/q;+2. The van der Waals surface area contributed by atoms with Crippen LogP contribution in [0.5, 0.6) is 0 Å². The number of rotatable bonds is 0. The van der Waals surface area contributed by atoms with Gasteiger partial charge in [0.25, 0.3) is 0 Å². The Kier molecular flexibility index (Phi) is 4.78. The van der Waals surface area contributed by atoms with Gasteiger partial charge in [0.15, 0.2) is 0 Å². The molecule has 0 aromatic rings. The van der Waals surface area contributed by atoms with Crippen molar-refractivity contribution in [2.24, 2.45) is 0 Å². The summed E-state index contributed by atoms with van der Waals surface area (Å²) in [6.07, 6.45) is 0. The molecule has 0 unspecified atom stereocenters. The molecule has 0 bridgehead atoms. The minimum Gasteiger partial charge on any atom is -0.303 e. The van der Waals surface area contributed by atoms with Crippen LogP contribution in [0.2, 0.25) is 0 Å². The van der Waals surface area contributed by atoms with E-state index in [0.717, 1.165) is 0 Å². The summed E-state index contributed by atoms with van der Waals surface area (Å²) in [5.74, 6) is 0. The Morgan fingerprint density at radius 2 is 1.17 bits per heavy atom. The average molecular weight is 282 g/mol. The molecule has 0 rings (SSSR count). The van der Waals surface area contributed by atoms with Gasteiger partial charge in [-0.3, -0.25) is 0 Å². The van der Waals surface area contributed by atoms with Gasteiger partial charge in [-0.25, -0.2) is 4.57 Å². The third-order valence-corrected chi connectivity index (χ3v) is 0. The van der Waals surface area contributed by atoms with E-state index in [1.54, 1.807) is 0 Å². The summed E-state index contributed by atoms with van der Waals surface area (Å²) in [4.78, 5) is 21.6. The summed E-state index contributed by atoms with van der Waals surface area (Å²) in [6, 6.07) is 0. The Bertz CT molecular complexity index is 53.7. The molecule has 0 heterocycles. The fourth-order valence-corrected chi connectivity index (χ4v) is 0. The molecule has 0 atom stereocenters. The maximum atomic E-state index is 8.88. The van der Waals surface area contributed by atoms with Crippen LogP contribution in [-0.2, 0) is 25.6 Å². The van der Waals surface area contributed by atoms with Gasteiger partial charge in [0.05, 0.1) is 0 Å². The molecule has 6 heteroatoms. The van der Waals surface area contributed by atoms with Crippen molar-refractivity contribution in [3.63, 3.8) is 0 Å². The number of hydrogen-bond donors (Lipinski definition) is 3. The molecule has 0 fully saturated rings. The van der Waals surface area contributed by atoms with Crippen LogP contribution in [0.1, 0.15) is 0 Å². The second-order valence-electron chi connectivity index (χ2n) is 0.513. The van der Waals surface area contributed by atoms with Gasteiger partial charge in [-0.1, -0.05) is 0 Å². The predicted molar refractivity (Wildman–Crippen MR) is 14.3 cm³/mol. The molecule has 0 spiro atoms. The van der Waals surface area contributed by atoms with Gasteiger partial charge in [0.2, 0.25) is 0 Å². The van der Waals surface area contributed by atoms with E-state index in [1.807, 2.05) is 0 Å². The van der Waals surface area contributed by atoms with Crippen molar-refractivity contribution < 1.29 is 40.3 Å². The van der Waals surface area contributed by atoms with Crippen molar-refractivity contribution in [2.75, 3.05) is 0 Å². The molecule has 0 saturated heterocycles. The fraction of sp³-hybridized carbons (Fsp3) is 0. The molecule has 0 aromatic heterocycles. The molecular weight excluding hydrogens is 279 g/mol. The Balaban J connectivity index is 0. The average Bonchev–Trinajstić information content (AvgIpc) is 0.722. The van der Waals surface area contributed by atoms with Gasteiger partial charge in [0, 0.05) is 0 Å². The van der Waals surface area contributed by atoms with E-state index < -0.39 is 7.82 Å². The quantitative estimate of drug-likeness (QED) is 0.502. The van der Waals surface area contributed by atoms with Gasteiger partial charge < -0.3 is 14.7 Å². The van der Waals surface area contributed by atoms with Gasteiger partial charge in [-0.2, -0.15) is 0 Å². The Hall–Kier alpha value is 0.798. The second kappa shape index (κ2) is 2.89. The van der Waals surface area contributed by atoms with Crippen molar-refractivity contribution in [3.8, 4) is 0 Å². The van der Waals surface area contributed by atoms with Crippen molar-refractivity contribution >= 4 is 7.82 Å². The fourth-order valence-electron chi connectivity index (χ4n) is 0. The summed E-state index contributed by atoms with van der Waals surface area (Å²) < 4.78 is 8.88. The third kappa shape index (κ3) is 109. The van der Waals surface area contributed by atoms with Crippen molar-refractivity contribution in [1.29, 1.82) is 0 Å². The molecule has 0 aromatic carbocycles. The molecule has 0 radical (unpaired) electrons. The molecule has 4 nitrogen and oxygen atoms in total. The molecule has 0 saturated carbocycles. The van der Waals surface area contributed by atoms with Gasteiger partial charge in [-0.05, 0) is 0 Å². The van der Waals surface area contributed by atoms with Crippen LogP contribution in [0.3, 0.4) is 0 Å². The van der Waals surface area contributed by atoms with Crippen molar-refractivity contribution in [1.82, 2.24) is 0 Å². The van der Waals surface area contributed by atoms with E-state index in [9.17, 15) is 0 Å². The van der Waals surface area contributed by atoms with Crippen molar-refractivity contribution in [2.45, 2.75) is 0 Å². The van der Waals surface area contributed by atoms with Crippen LogP contribution in [-0.4, -0.2) is 14.7 Å². The molecule has 36 valence electrons. The van der Waals surface area contributed by atoms with E-state index >= 15 is 0 Å². The topological polar surface area (TPSA) is 77.8 Å². The zero-order chi connectivity index (χ0) is 4.50. The van der Waals surface area contributed by atoms with Crippen LogP contribution in [0, 0.1) is 0 Å². The summed E-state index contributed by atoms with van der Waals surface area (Å²) in [5.41, 5.74) is 0. The first-order valence-corrected chi connectivity index (χ1v) is 2.35. The van der Waals surface area contributed by atoms with E-state index in [-0.39, 0.29) is 21.1 Å². The van der Waals surface area contributed by atoms with Crippen LogP contribution >= 0.6 is 7.82 Å². The Morgan fingerprint density at radius 1 is 1.17 bits per heavy atom. The first kappa shape index (κ1) is 9.93. The predicted octanol–water partition coefficient (Wildman–Crippen LogP) is -0.931. The van der Waals surface area contributed by atoms with E-state index in [4.69, 9.17) is 19.2 Å². The minimum absolute atomic E-state index is 0. The largest absolute Gasteiger partial charge is 2.00 e. The second-order valence-corrected chi connectivity index (χ2v) is 1.54. The molecule has 0 aliphatic carbocycles. The van der Waals surface area contributed by atoms with E-state index in [2.05, 4.69) is 0 Å². The van der Waals surface area contributed by atoms with Gasteiger partial charge in [0.1, 0.15) is 0 Å². The van der Waals surface area contributed by atoms with Gasteiger partial charge in [-0.15, -0.1) is 0 Å². The van der Waals surface area contributed by atoms with Crippen LogP contribution < -0.4 is 0 Å². The summed E-state index contributed by atoms with van der Waals surface area (Å²) in [6.45, 7) is 0. The first-order valence-electron chi connectivity index (χ1n) is 0.783. The molecule has 6 heavy (non-hydrogen) atoms. The SMILES string of the molecule is O=P(O)(O)O.[W+2]. The monoisotopic (exact) mass is 282 g/mol. The first-order chi connectivity index (χ1) is 2.00. The smallest absolute Gasteiger partial charge is 0.303 e. The molecule has 0 aliphatic rings. The van der Waals surface area contributed by atoms with Gasteiger partial charge >= 0.3 is 28.9 Å². The molecule has 0 aliphatic heterocycles. The van der Waals surface area contributed by atoms with Crippen LogP contribution in [0.25, 0.3) is 0 Å². The molecule has 3 N–H and O–H groups in total. The summed E-state index contributed by atoms with van der Waals surface area (Å²) in [5, 5.41) is 0. The van der Waals surface area contributed by atoms with Crippen LogP contribution in [0.4, 0.5) is 0 Å². The molecule has 0 amide bonds. The zero-order valence-corrected chi connectivity index (χ0v) is 6.43. The van der Waals surface area contributed by atoms with Crippen LogP contribution in [0.15, 0.2) is 0 Å². The third-order valence-electron chi connectivity index (χ3n) is 0. The maximum Gasteiger partial charge on any atom is 2.00 e. The zero-order valence-electron chi connectivity index (χ0n) is 2.61. The number of hydrogen-bond acceptors (Lipinski definition) is 1. The minimum atomic E-state index is -4.64. The summed E-state index contributed by atoms with van der Waals surface area (Å²) >= 11 is 0. The van der Waals surface area contributed by atoms with Crippen molar-refractivity contribution in [3.05, 3.63) is 0 Å². The normalized spacial score (nSPS) is 9.83. The molecular formula is H3O4PW+2. The number of phosphoric acid groups is 1. The Morgan fingerprint density at radius 3 is 1.17 bits per heavy atom. The van der Waals surface area contributed by atoms with E-state index in [1.165, 1.54) is 0 Å². The summed E-state index contributed by atoms with van der Waals surface area (Å²) in [7, 11) is -4.64. The maximum absolute atomic E-state index is 8.88. The van der Waals surface area contributed by atoms with E-state index in [0.29, 0.717) is 0 Å².